The minimum atomic E-state index is 0.108. The third-order valence-electron chi connectivity index (χ3n) is 4.11. The Labute approximate surface area is 148 Å². The summed E-state index contributed by atoms with van der Waals surface area (Å²) in [5, 5.41) is 2.97. The quantitative estimate of drug-likeness (QED) is 0.666. The zero-order valence-electron chi connectivity index (χ0n) is 14.5. The first-order valence-electron chi connectivity index (χ1n) is 8.72. The molecule has 0 bridgehead atoms. The van der Waals surface area contributed by atoms with Crippen molar-refractivity contribution in [3.8, 4) is 22.6 Å². The number of hydrogen-bond donors (Lipinski definition) is 2. The zero-order valence-corrected chi connectivity index (χ0v) is 14.5. The van der Waals surface area contributed by atoms with Crippen molar-refractivity contribution in [2.75, 3.05) is 0 Å². The molecule has 128 valence electrons. The van der Waals surface area contributed by atoms with Gasteiger partial charge in [-0.1, -0.05) is 61.9 Å². The molecule has 0 saturated carbocycles. The average Bonchev–Trinajstić information content (AvgIpc) is 3.16. The van der Waals surface area contributed by atoms with Gasteiger partial charge in [0.2, 0.25) is 5.91 Å². The van der Waals surface area contributed by atoms with E-state index in [1.54, 1.807) is 0 Å². The van der Waals surface area contributed by atoms with Crippen molar-refractivity contribution in [1.29, 1.82) is 0 Å². The van der Waals surface area contributed by atoms with Crippen molar-refractivity contribution in [2.45, 2.75) is 32.7 Å². The molecule has 0 saturated heterocycles. The van der Waals surface area contributed by atoms with E-state index >= 15 is 0 Å². The lowest BCUT2D eigenvalue weighted by molar-refractivity contribution is -0.121. The SMILES string of the molecule is CCCCC(=O)NCc1cccc(-c2ncc(-c3ccccc3)[nH]2)c1. The minimum Gasteiger partial charge on any atom is -0.352 e. The Balaban J connectivity index is 1.69. The second-order valence-electron chi connectivity index (χ2n) is 6.09. The number of nitrogens with zero attached hydrogens (tertiary/aromatic N) is 1. The van der Waals surface area contributed by atoms with Gasteiger partial charge in [0, 0.05) is 18.5 Å². The van der Waals surface area contributed by atoms with Crippen molar-refractivity contribution in [1.82, 2.24) is 15.3 Å². The van der Waals surface area contributed by atoms with E-state index in [-0.39, 0.29) is 5.91 Å². The Kier molecular flexibility index (Phi) is 5.62. The molecular weight excluding hydrogens is 310 g/mol. The summed E-state index contributed by atoms with van der Waals surface area (Å²) in [6.07, 6.45) is 4.41. The molecule has 0 radical (unpaired) electrons. The van der Waals surface area contributed by atoms with Crippen LogP contribution in [0.2, 0.25) is 0 Å². The maximum atomic E-state index is 11.8. The highest BCUT2D eigenvalue weighted by molar-refractivity contribution is 5.75. The van der Waals surface area contributed by atoms with Gasteiger partial charge in [-0.2, -0.15) is 0 Å². The number of rotatable bonds is 7. The van der Waals surface area contributed by atoms with Crippen LogP contribution in [0.15, 0.2) is 60.8 Å². The summed E-state index contributed by atoms with van der Waals surface area (Å²) in [7, 11) is 0. The number of aromatic amines is 1. The summed E-state index contributed by atoms with van der Waals surface area (Å²) >= 11 is 0. The third kappa shape index (κ3) is 4.57. The van der Waals surface area contributed by atoms with E-state index in [1.807, 2.05) is 42.6 Å². The van der Waals surface area contributed by atoms with Crippen molar-refractivity contribution in [2.24, 2.45) is 0 Å². The number of amides is 1. The number of carbonyl (C=O) groups excluding carboxylic acids is 1. The highest BCUT2D eigenvalue weighted by atomic mass is 16.1. The first kappa shape index (κ1) is 17.0. The van der Waals surface area contributed by atoms with Crippen LogP contribution in [-0.2, 0) is 11.3 Å². The lowest BCUT2D eigenvalue weighted by Crippen LogP contribution is -2.22. The van der Waals surface area contributed by atoms with Crippen LogP contribution in [0.3, 0.4) is 0 Å². The second-order valence-corrected chi connectivity index (χ2v) is 6.09. The molecule has 0 spiro atoms. The fraction of sp³-hybridized carbons (Fsp3) is 0.238. The summed E-state index contributed by atoms with van der Waals surface area (Å²) in [5.74, 6) is 0.939. The van der Waals surface area contributed by atoms with Crippen molar-refractivity contribution < 1.29 is 4.79 Å². The highest BCUT2D eigenvalue weighted by Crippen LogP contribution is 2.22. The van der Waals surface area contributed by atoms with Gasteiger partial charge in [0.25, 0.3) is 0 Å². The normalized spacial score (nSPS) is 10.6. The number of aromatic nitrogens is 2. The molecule has 25 heavy (non-hydrogen) atoms. The van der Waals surface area contributed by atoms with Gasteiger partial charge in [-0.25, -0.2) is 4.98 Å². The summed E-state index contributed by atoms with van der Waals surface area (Å²) in [6.45, 7) is 2.63. The predicted octanol–water partition coefficient (Wildman–Crippen LogP) is 4.55. The molecule has 1 amide bonds. The molecule has 0 aliphatic heterocycles. The van der Waals surface area contributed by atoms with Gasteiger partial charge in [0.15, 0.2) is 0 Å². The monoisotopic (exact) mass is 333 g/mol. The Morgan fingerprint density at radius 2 is 1.88 bits per heavy atom. The van der Waals surface area contributed by atoms with Crippen LogP contribution >= 0.6 is 0 Å². The molecule has 1 aromatic heterocycles. The van der Waals surface area contributed by atoms with Crippen molar-refractivity contribution >= 4 is 5.91 Å². The van der Waals surface area contributed by atoms with Crippen LogP contribution in [0, 0.1) is 0 Å². The van der Waals surface area contributed by atoms with Crippen LogP contribution in [-0.4, -0.2) is 15.9 Å². The molecule has 3 aromatic rings. The van der Waals surface area contributed by atoms with Gasteiger partial charge in [-0.05, 0) is 23.6 Å². The van der Waals surface area contributed by atoms with Crippen LogP contribution < -0.4 is 5.32 Å². The number of carbonyl (C=O) groups is 1. The smallest absolute Gasteiger partial charge is 0.220 e. The number of nitrogens with one attached hydrogen (secondary N) is 2. The van der Waals surface area contributed by atoms with E-state index in [0.29, 0.717) is 13.0 Å². The maximum Gasteiger partial charge on any atom is 0.220 e. The summed E-state index contributed by atoms with van der Waals surface area (Å²) in [5.41, 5.74) is 4.19. The number of H-pyrrole nitrogens is 1. The van der Waals surface area contributed by atoms with E-state index in [0.717, 1.165) is 41.1 Å². The average molecular weight is 333 g/mol. The summed E-state index contributed by atoms with van der Waals surface area (Å²) < 4.78 is 0. The number of unbranched alkanes of at least 4 members (excludes halogenated alkanes) is 1. The Hall–Kier alpha value is -2.88. The molecule has 0 atom stereocenters. The lowest BCUT2D eigenvalue weighted by Gasteiger charge is -2.06. The fourth-order valence-electron chi connectivity index (χ4n) is 2.69. The predicted molar refractivity (Wildman–Crippen MR) is 101 cm³/mol. The number of hydrogen-bond acceptors (Lipinski definition) is 2. The Bertz CT molecular complexity index is 824. The molecule has 0 aliphatic carbocycles. The van der Waals surface area contributed by atoms with E-state index in [4.69, 9.17) is 0 Å². The van der Waals surface area contributed by atoms with E-state index in [2.05, 4.69) is 40.4 Å². The molecule has 4 nitrogen and oxygen atoms in total. The Morgan fingerprint density at radius 1 is 1.08 bits per heavy atom. The van der Waals surface area contributed by atoms with E-state index < -0.39 is 0 Å². The van der Waals surface area contributed by atoms with Gasteiger partial charge in [0.05, 0.1) is 11.9 Å². The fourth-order valence-corrected chi connectivity index (χ4v) is 2.69. The van der Waals surface area contributed by atoms with Crippen LogP contribution in [0.5, 0.6) is 0 Å². The van der Waals surface area contributed by atoms with E-state index in [9.17, 15) is 4.79 Å². The van der Waals surface area contributed by atoms with Crippen molar-refractivity contribution in [3.05, 3.63) is 66.4 Å². The largest absolute Gasteiger partial charge is 0.352 e. The standard InChI is InChI=1S/C21H23N3O/c1-2-3-12-20(25)22-14-16-8-7-11-18(13-16)21-23-15-19(24-21)17-9-5-4-6-10-17/h4-11,13,15H,2-3,12,14H2,1H3,(H,22,25)(H,23,24). The summed E-state index contributed by atoms with van der Waals surface area (Å²) in [6, 6.07) is 18.2. The third-order valence-corrected chi connectivity index (χ3v) is 4.11. The second kappa shape index (κ2) is 8.29. The number of benzene rings is 2. The van der Waals surface area contributed by atoms with Gasteiger partial charge < -0.3 is 10.3 Å². The number of imidazole rings is 1. The van der Waals surface area contributed by atoms with Crippen molar-refractivity contribution in [3.63, 3.8) is 0 Å². The molecule has 2 aromatic carbocycles. The summed E-state index contributed by atoms with van der Waals surface area (Å²) in [4.78, 5) is 19.6. The highest BCUT2D eigenvalue weighted by Gasteiger charge is 2.07. The molecule has 2 N–H and O–H groups in total. The zero-order chi connectivity index (χ0) is 17.5. The van der Waals surface area contributed by atoms with Crippen LogP contribution in [0.4, 0.5) is 0 Å². The van der Waals surface area contributed by atoms with Gasteiger partial charge in [-0.3, -0.25) is 4.79 Å². The minimum absolute atomic E-state index is 0.108. The van der Waals surface area contributed by atoms with Crippen LogP contribution in [0.1, 0.15) is 31.7 Å². The topological polar surface area (TPSA) is 57.8 Å². The lowest BCUT2D eigenvalue weighted by atomic mass is 10.1. The molecule has 1 heterocycles. The van der Waals surface area contributed by atoms with Gasteiger partial charge in [0.1, 0.15) is 5.82 Å². The maximum absolute atomic E-state index is 11.8. The van der Waals surface area contributed by atoms with Gasteiger partial charge >= 0.3 is 0 Å². The Morgan fingerprint density at radius 3 is 2.68 bits per heavy atom. The molecular formula is C21H23N3O. The molecule has 0 unspecified atom stereocenters. The van der Waals surface area contributed by atoms with E-state index in [1.165, 1.54) is 0 Å². The molecule has 0 fully saturated rings. The van der Waals surface area contributed by atoms with Gasteiger partial charge in [-0.15, -0.1) is 0 Å². The van der Waals surface area contributed by atoms with Crippen LogP contribution in [0.25, 0.3) is 22.6 Å². The first-order valence-corrected chi connectivity index (χ1v) is 8.72. The molecule has 3 rings (SSSR count). The molecule has 4 heteroatoms. The first-order chi connectivity index (χ1) is 12.3. The molecule has 0 aliphatic rings.